The number of carboxylic acids is 1. The quantitative estimate of drug-likeness (QED) is 0.637. The van der Waals surface area contributed by atoms with Crippen molar-refractivity contribution < 1.29 is 19.4 Å². The monoisotopic (exact) mass is 266 g/mol. The van der Waals surface area contributed by atoms with Crippen LogP contribution in [0.2, 0.25) is 0 Å². The van der Waals surface area contributed by atoms with Crippen molar-refractivity contribution in [3.63, 3.8) is 0 Å². The van der Waals surface area contributed by atoms with Crippen molar-refractivity contribution >= 4 is 17.6 Å². The fourth-order valence-corrected chi connectivity index (χ4v) is 1.51. The summed E-state index contributed by atoms with van der Waals surface area (Å²) in [6.45, 7) is 3.07. The van der Waals surface area contributed by atoms with Gasteiger partial charge in [-0.2, -0.15) is 0 Å². The van der Waals surface area contributed by atoms with E-state index >= 15 is 0 Å². The molecule has 104 valence electrons. The average Bonchev–Trinajstić information content (AvgIpc) is 2.37. The topological polar surface area (TPSA) is 87.7 Å². The molecule has 0 saturated carbocycles. The number of rotatable bonds is 7. The summed E-state index contributed by atoms with van der Waals surface area (Å²) in [5.41, 5.74) is 1.53. The van der Waals surface area contributed by atoms with Gasteiger partial charge in [0.2, 0.25) is 5.91 Å². The highest BCUT2D eigenvalue weighted by Gasteiger charge is 2.08. The number of nitrogens with one attached hydrogen (secondary N) is 2. The molecular weight excluding hydrogens is 248 g/mol. The van der Waals surface area contributed by atoms with E-state index in [0.29, 0.717) is 24.4 Å². The predicted octanol–water partition coefficient (Wildman–Crippen LogP) is 0.868. The summed E-state index contributed by atoms with van der Waals surface area (Å²) in [5, 5.41) is 14.5. The van der Waals surface area contributed by atoms with E-state index in [4.69, 9.17) is 9.84 Å². The zero-order valence-corrected chi connectivity index (χ0v) is 11.0. The van der Waals surface area contributed by atoms with Crippen LogP contribution in [0.3, 0.4) is 0 Å². The normalized spacial score (nSPS) is 10.2. The highest BCUT2D eigenvalue weighted by atomic mass is 16.5. The summed E-state index contributed by atoms with van der Waals surface area (Å²) in [4.78, 5) is 22.4. The Morgan fingerprint density at radius 2 is 2.11 bits per heavy atom. The minimum atomic E-state index is -0.984. The number of benzene rings is 1. The van der Waals surface area contributed by atoms with Gasteiger partial charge >= 0.3 is 5.97 Å². The van der Waals surface area contributed by atoms with E-state index in [1.807, 2.05) is 0 Å². The van der Waals surface area contributed by atoms with Crippen molar-refractivity contribution in [2.75, 3.05) is 32.1 Å². The first-order valence-corrected chi connectivity index (χ1v) is 5.88. The van der Waals surface area contributed by atoms with Gasteiger partial charge in [-0.15, -0.1) is 0 Å². The number of hydrogen-bond acceptors (Lipinski definition) is 4. The maximum absolute atomic E-state index is 11.6. The highest BCUT2D eigenvalue weighted by molar-refractivity contribution is 5.94. The minimum absolute atomic E-state index is 0.178. The standard InChI is InChI=1S/C13H18N2O4/c1-9-7-10(13(17)18)3-4-11(9)15-12(16)8-14-5-6-19-2/h3-4,7,14H,5-6,8H2,1-2H3,(H,15,16)(H,17,18). The zero-order valence-electron chi connectivity index (χ0n) is 11.0. The SMILES string of the molecule is COCCNCC(=O)Nc1ccc(C(=O)O)cc1C. The minimum Gasteiger partial charge on any atom is -0.478 e. The van der Waals surface area contributed by atoms with E-state index in [0.717, 1.165) is 0 Å². The smallest absolute Gasteiger partial charge is 0.335 e. The van der Waals surface area contributed by atoms with Crippen LogP contribution in [0, 0.1) is 6.92 Å². The van der Waals surface area contributed by atoms with E-state index in [1.165, 1.54) is 12.1 Å². The fourth-order valence-electron chi connectivity index (χ4n) is 1.51. The molecule has 6 heteroatoms. The van der Waals surface area contributed by atoms with Crippen molar-refractivity contribution in [3.05, 3.63) is 29.3 Å². The lowest BCUT2D eigenvalue weighted by Crippen LogP contribution is -2.30. The van der Waals surface area contributed by atoms with Crippen LogP contribution in [0.15, 0.2) is 18.2 Å². The van der Waals surface area contributed by atoms with E-state index < -0.39 is 5.97 Å². The van der Waals surface area contributed by atoms with E-state index in [9.17, 15) is 9.59 Å². The number of ether oxygens (including phenoxy) is 1. The molecule has 1 rings (SSSR count). The van der Waals surface area contributed by atoms with E-state index in [-0.39, 0.29) is 18.0 Å². The fraction of sp³-hybridized carbons (Fsp3) is 0.385. The average molecular weight is 266 g/mol. The largest absolute Gasteiger partial charge is 0.478 e. The molecule has 0 aromatic heterocycles. The Morgan fingerprint density at radius 1 is 1.37 bits per heavy atom. The molecule has 0 bridgehead atoms. The molecule has 1 aromatic carbocycles. The third-order valence-electron chi connectivity index (χ3n) is 2.52. The lowest BCUT2D eigenvalue weighted by molar-refractivity contribution is -0.115. The second-order valence-corrected chi connectivity index (χ2v) is 4.05. The van der Waals surface area contributed by atoms with Gasteiger partial charge in [-0.05, 0) is 30.7 Å². The third-order valence-corrected chi connectivity index (χ3v) is 2.52. The van der Waals surface area contributed by atoms with Crippen LogP contribution < -0.4 is 10.6 Å². The molecule has 0 fully saturated rings. The molecule has 0 unspecified atom stereocenters. The Labute approximate surface area is 111 Å². The molecule has 1 aromatic rings. The molecular formula is C13H18N2O4. The summed E-state index contributed by atoms with van der Waals surface area (Å²) >= 11 is 0. The molecule has 0 heterocycles. The molecule has 0 atom stereocenters. The van der Waals surface area contributed by atoms with Gasteiger partial charge in [-0.1, -0.05) is 0 Å². The van der Waals surface area contributed by atoms with Gasteiger partial charge in [0, 0.05) is 19.3 Å². The van der Waals surface area contributed by atoms with Crippen LogP contribution >= 0.6 is 0 Å². The first-order valence-electron chi connectivity index (χ1n) is 5.88. The van der Waals surface area contributed by atoms with Crippen LogP contribution in [-0.4, -0.2) is 43.8 Å². The highest BCUT2D eigenvalue weighted by Crippen LogP contribution is 2.16. The summed E-state index contributed by atoms with van der Waals surface area (Å²) in [6.07, 6.45) is 0. The van der Waals surface area contributed by atoms with E-state index in [2.05, 4.69) is 10.6 Å². The molecule has 6 nitrogen and oxygen atoms in total. The van der Waals surface area contributed by atoms with Gasteiger partial charge < -0.3 is 20.5 Å². The Hall–Kier alpha value is -1.92. The predicted molar refractivity (Wildman–Crippen MR) is 71.5 cm³/mol. The second kappa shape index (κ2) is 7.50. The van der Waals surface area contributed by atoms with Crippen molar-refractivity contribution in [1.82, 2.24) is 5.32 Å². The van der Waals surface area contributed by atoms with Crippen LogP contribution in [0.1, 0.15) is 15.9 Å². The van der Waals surface area contributed by atoms with Gasteiger partial charge in [0.15, 0.2) is 0 Å². The zero-order chi connectivity index (χ0) is 14.3. The third kappa shape index (κ3) is 5.07. The van der Waals surface area contributed by atoms with Crippen LogP contribution in [0.4, 0.5) is 5.69 Å². The van der Waals surface area contributed by atoms with Crippen LogP contribution in [-0.2, 0) is 9.53 Å². The molecule has 19 heavy (non-hydrogen) atoms. The van der Waals surface area contributed by atoms with Crippen LogP contribution in [0.5, 0.6) is 0 Å². The van der Waals surface area contributed by atoms with Crippen molar-refractivity contribution in [1.29, 1.82) is 0 Å². The number of hydrogen-bond donors (Lipinski definition) is 3. The van der Waals surface area contributed by atoms with Gasteiger partial charge in [0.1, 0.15) is 0 Å². The maximum atomic E-state index is 11.6. The summed E-state index contributed by atoms with van der Waals surface area (Å²) < 4.78 is 4.85. The first-order chi connectivity index (χ1) is 9.04. The maximum Gasteiger partial charge on any atom is 0.335 e. The molecule has 1 amide bonds. The van der Waals surface area contributed by atoms with Gasteiger partial charge in [0.25, 0.3) is 0 Å². The number of aryl methyl sites for hydroxylation is 1. The number of carbonyl (C=O) groups is 2. The Kier molecular flexibility index (Phi) is 5.98. The first kappa shape index (κ1) is 15.1. The molecule has 0 radical (unpaired) electrons. The Bertz CT molecular complexity index is 460. The summed E-state index contributed by atoms with van der Waals surface area (Å²) in [7, 11) is 1.59. The lowest BCUT2D eigenvalue weighted by Gasteiger charge is -2.09. The number of anilines is 1. The van der Waals surface area contributed by atoms with E-state index in [1.54, 1.807) is 20.1 Å². The van der Waals surface area contributed by atoms with Gasteiger partial charge in [0.05, 0.1) is 18.7 Å². The number of carboxylic acid groups (broad SMARTS) is 1. The van der Waals surface area contributed by atoms with Crippen molar-refractivity contribution in [2.24, 2.45) is 0 Å². The van der Waals surface area contributed by atoms with Gasteiger partial charge in [-0.3, -0.25) is 4.79 Å². The number of amides is 1. The van der Waals surface area contributed by atoms with Crippen molar-refractivity contribution in [2.45, 2.75) is 6.92 Å². The molecule has 0 spiro atoms. The lowest BCUT2D eigenvalue weighted by atomic mass is 10.1. The van der Waals surface area contributed by atoms with Crippen molar-refractivity contribution in [3.8, 4) is 0 Å². The molecule has 0 aliphatic carbocycles. The molecule has 0 aliphatic heterocycles. The molecule has 3 N–H and O–H groups in total. The summed E-state index contributed by atoms with van der Waals surface area (Å²) in [6, 6.07) is 4.57. The molecule has 0 aliphatic rings. The molecule has 0 saturated heterocycles. The van der Waals surface area contributed by atoms with Gasteiger partial charge in [-0.25, -0.2) is 4.79 Å². The van der Waals surface area contributed by atoms with Crippen LogP contribution in [0.25, 0.3) is 0 Å². The number of methoxy groups -OCH3 is 1. The Morgan fingerprint density at radius 3 is 2.68 bits per heavy atom. The summed E-state index contributed by atoms with van der Waals surface area (Å²) in [5.74, 6) is -1.16. The number of carbonyl (C=O) groups excluding carboxylic acids is 1. The Balaban J connectivity index is 2.52. The number of aromatic carboxylic acids is 1. The second-order valence-electron chi connectivity index (χ2n) is 4.05.